The van der Waals surface area contributed by atoms with Gasteiger partial charge in [-0.1, -0.05) is 62.4 Å². The standard InChI is InChI=1S/C41H45F3N2O5/c1-26(2)25-46(35(48)16-13-29-11-8-12-31(23-29)41(42,43)44)32-17-19-40(51-27(3)47)34-24-30-14-15-33(49-4)37-36(30)39(40,38(32)50-37)20-22-45(34)21-18-28-9-6-5-7-10-28/h5-16,23,26,32,34,38H,17-22,24-25H2,1-4H3/b16-13+/t32?,34-,38?,39+,40-/m1/s1. The number of benzene rings is 3. The van der Waals surface area contributed by atoms with Crippen LogP contribution in [0.4, 0.5) is 13.2 Å². The molecule has 1 spiro atoms. The molecule has 2 aliphatic carbocycles. The Balaban J connectivity index is 1.29. The molecule has 2 unspecified atom stereocenters. The fraction of sp³-hybridized carbons (Fsp3) is 0.463. The molecule has 3 aromatic carbocycles. The monoisotopic (exact) mass is 702 g/mol. The Labute approximate surface area is 297 Å². The van der Waals surface area contributed by atoms with Gasteiger partial charge in [0.15, 0.2) is 11.5 Å². The number of alkyl halides is 3. The summed E-state index contributed by atoms with van der Waals surface area (Å²) in [7, 11) is 1.61. The second-order valence-corrected chi connectivity index (χ2v) is 14.8. The molecule has 2 bridgehead atoms. The molecule has 2 heterocycles. The Bertz CT molecular complexity index is 1830. The number of ether oxygens (including phenoxy) is 3. The van der Waals surface area contributed by atoms with Gasteiger partial charge in [-0.3, -0.25) is 14.5 Å². The third kappa shape index (κ3) is 5.99. The van der Waals surface area contributed by atoms with Crippen molar-refractivity contribution in [2.24, 2.45) is 5.92 Å². The predicted molar refractivity (Wildman–Crippen MR) is 187 cm³/mol. The number of methoxy groups -OCH3 is 1. The molecule has 5 atom stereocenters. The minimum absolute atomic E-state index is 0.0985. The zero-order valence-electron chi connectivity index (χ0n) is 29.5. The van der Waals surface area contributed by atoms with Crippen molar-refractivity contribution in [2.45, 2.75) is 88.3 Å². The van der Waals surface area contributed by atoms with E-state index in [1.165, 1.54) is 30.7 Å². The van der Waals surface area contributed by atoms with Gasteiger partial charge >= 0.3 is 12.1 Å². The zero-order valence-corrected chi connectivity index (χ0v) is 29.5. The number of halogens is 3. The number of esters is 1. The topological polar surface area (TPSA) is 68.3 Å². The number of hydrogen-bond donors (Lipinski definition) is 0. The molecule has 4 aliphatic rings. The Morgan fingerprint density at radius 3 is 2.57 bits per heavy atom. The quantitative estimate of drug-likeness (QED) is 0.164. The third-order valence-corrected chi connectivity index (χ3v) is 11.4. The number of amides is 1. The summed E-state index contributed by atoms with van der Waals surface area (Å²) < 4.78 is 59.9. The Hall–Kier alpha value is -4.31. The molecule has 51 heavy (non-hydrogen) atoms. The van der Waals surface area contributed by atoms with Crippen molar-refractivity contribution in [3.8, 4) is 11.5 Å². The average Bonchev–Trinajstić information content (AvgIpc) is 3.45. The first-order valence-electron chi connectivity index (χ1n) is 17.9. The van der Waals surface area contributed by atoms with Crippen molar-refractivity contribution < 1.29 is 37.0 Å². The molecular weight excluding hydrogens is 657 g/mol. The average molecular weight is 703 g/mol. The van der Waals surface area contributed by atoms with Gasteiger partial charge in [0, 0.05) is 31.7 Å². The highest BCUT2D eigenvalue weighted by molar-refractivity contribution is 5.92. The van der Waals surface area contributed by atoms with Gasteiger partial charge in [0.2, 0.25) is 5.91 Å². The van der Waals surface area contributed by atoms with Crippen LogP contribution in [0.15, 0.2) is 72.8 Å². The first-order valence-corrected chi connectivity index (χ1v) is 17.9. The van der Waals surface area contributed by atoms with Crippen LogP contribution < -0.4 is 9.47 Å². The van der Waals surface area contributed by atoms with Crippen molar-refractivity contribution in [3.63, 3.8) is 0 Å². The highest BCUT2D eigenvalue weighted by Gasteiger charge is 2.75. The highest BCUT2D eigenvalue weighted by atomic mass is 19.4. The van der Waals surface area contributed by atoms with Gasteiger partial charge < -0.3 is 19.1 Å². The molecule has 7 rings (SSSR count). The highest BCUT2D eigenvalue weighted by Crippen LogP contribution is 2.67. The van der Waals surface area contributed by atoms with Gasteiger partial charge in [0.1, 0.15) is 11.7 Å². The molecule has 270 valence electrons. The van der Waals surface area contributed by atoms with Gasteiger partial charge in [-0.15, -0.1) is 0 Å². The minimum atomic E-state index is -4.49. The van der Waals surface area contributed by atoms with Crippen LogP contribution in [0.5, 0.6) is 11.5 Å². The van der Waals surface area contributed by atoms with E-state index in [2.05, 4.69) is 23.1 Å². The number of piperidine rings is 1. The van der Waals surface area contributed by atoms with Crippen molar-refractivity contribution in [2.75, 3.05) is 26.7 Å². The van der Waals surface area contributed by atoms with Gasteiger partial charge in [-0.25, -0.2) is 0 Å². The molecule has 3 aromatic rings. The molecule has 1 saturated carbocycles. The number of hydrogen-bond acceptors (Lipinski definition) is 6. The first-order chi connectivity index (χ1) is 24.4. The molecule has 7 nitrogen and oxygen atoms in total. The summed E-state index contributed by atoms with van der Waals surface area (Å²) in [5.41, 5.74) is 1.27. The Kier molecular flexibility index (Phi) is 9.19. The van der Waals surface area contributed by atoms with E-state index in [1.807, 2.05) is 43.0 Å². The van der Waals surface area contributed by atoms with E-state index >= 15 is 0 Å². The summed E-state index contributed by atoms with van der Waals surface area (Å²) in [6, 6.07) is 18.9. The summed E-state index contributed by atoms with van der Waals surface area (Å²) in [6.07, 6.45) is 1.03. The minimum Gasteiger partial charge on any atom is -0.493 e. The molecular formula is C41H45F3N2O5. The second-order valence-electron chi connectivity index (χ2n) is 14.8. The van der Waals surface area contributed by atoms with Crippen LogP contribution in [0, 0.1) is 5.92 Å². The molecule has 0 aromatic heterocycles. The van der Waals surface area contributed by atoms with Crippen LogP contribution in [0.1, 0.15) is 67.9 Å². The Morgan fingerprint density at radius 1 is 1.08 bits per heavy atom. The van der Waals surface area contributed by atoms with Crippen LogP contribution in [0.3, 0.4) is 0 Å². The van der Waals surface area contributed by atoms with E-state index < -0.39 is 34.9 Å². The molecule has 0 radical (unpaired) electrons. The molecule has 0 N–H and O–H groups in total. The van der Waals surface area contributed by atoms with Crippen molar-refractivity contribution in [1.82, 2.24) is 9.80 Å². The number of carbonyl (C=O) groups excluding carboxylic acids is 2. The van der Waals surface area contributed by atoms with Crippen molar-refractivity contribution in [1.29, 1.82) is 0 Å². The lowest BCUT2D eigenvalue weighted by atomic mass is 9.48. The zero-order chi connectivity index (χ0) is 36.1. The first kappa shape index (κ1) is 35.1. The predicted octanol–water partition coefficient (Wildman–Crippen LogP) is 7.25. The summed E-state index contributed by atoms with van der Waals surface area (Å²) in [5, 5.41) is 0. The number of carbonyl (C=O) groups is 2. The van der Waals surface area contributed by atoms with Crippen molar-refractivity contribution >= 4 is 18.0 Å². The summed E-state index contributed by atoms with van der Waals surface area (Å²) >= 11 is 0. The maximum absolute atomic E-state index is 14.2. The second kappa shape index (κ2) is 13.3. The fourth-order valence-electron chi connectivity index (χ4n) is 9.56. The SMILES string of the molecule is COc1ccc2c3c1OC1C(N(CC(C)C)C(=O)/C=C/c4cccc(C(F)(F)F)c4)CC[C@@]4(OC(C)=O)[C@@H](C2)N(CCc2ccccc2)CC[C@]314. The van der Waals surface area contributed by atoms with Gasteiger partial charge in [-0.2, -0.15) is 13.2 Å². The van der Waals surface area contributed by atoms with Crippen LogP contribution in [-0.2, 0) is 38.8 Å². The Morgan fingerprint density at radius 2 is 1.86 bits per heavy atom. The van der Waals surface area contributed by atoms with Crippen LogP contribution in [0.2, 0.25) is 0 Å². The van der Waals surface area contributed by atoms with Crippen LogP contribution in [0.25, 0.3) is 6.08 Å². The molecule has 2 fully saturated rings. The lowest BCUT2D eigenvalue weighted by molar-refractivity contribution is -0.224. The lowest BCUT2D eigenvalue weighted by Gasteiger charge is -2.65. The van der Waals surface area contributed by atoms with Crippen LogP contribution in [-0.4, -0.2) is 72.2 Å². The van der Waals surface area contributed by atoms with Crippen LogP contribution >= 0.6 is 0 Å². The smallest absolute Gasteiger partial charge is 0.416 e. The fourth-order valence-corrected chi connectivity index (χ4v) is 9.56. The number of rotatable bonds is 10. The molecule has 2 aliphatic heterocycles. The van der Waals surface area contributed by atoms with E-state index in [-0.39, 0.29) is 29.4 Å². The maximum Gasteiger partial charge on any atom is 0.416 e. The van der Waals surface area contributed by atoms with E-state index in [9.17, 15) is 22.8 Å². The molecule has 10 heteroatoms. The lowest BCUT2D eigenvalue weighted by Crippen LogP contribution is -2.79. The number of nitrogens with zero attached hydrogens (tertiary/aromatic N) is 2. The molecule has 1 saturated heterocycles. The third-order valence-electron chi connectivity index (χ3n) is 11.4. The normalized spacial score (nSPS) is 26.5. The summed E-state index contributed by atoms with van der Waals surface area (Å²) in [6.45, 7) is 7.53. The van der Waals surface area contributed by atoms with E-state index in [4.69, 9.17) is 14.2 Å². The summed E-state index contributed by atoms with van der Waals surface area (Å²) in [5.74, 6) is 0.698. The van der Waals surface area contributed by atoms with Gasteiger partial charge in [0.05, 0.1) is 30.2 Å². The summed E-state index contributed by atoms with van der Waals surface area (Å²) in [4.78, 5) is 31.7. The van der Waals surface area contributed by atoms with E-state index in [1.54, 1.807) is 13.2 Å². The maximum atomic E-state index is 14.2. The van der Waals surface area contributed by atoms with E-state index in [0.29, 0.717) is 43.7 Å². The van der Waals surface area contributed by atoms with Gasteiger partial charge in [0.25, 0.3) is 0 Å². The van der Waals surface area contributed by atoms with E-state index in [0.717, 1.165) is 42.8 Å². The molecule has 1 amide bonds. The van der Waals surface area contributed by atoms with Gasteiger partial charge in [-0.05, 0) is 85.5 Å². The largest absolute Gasteiger partial charge is 0.493 e. The van der Waals surface area contributed by atoms with Crippen molar-refractivity contribution in [3.05, 3.63) is 101 Å². The number of likely N-dealkylation sites (tertiary alicyclic amines) is 1.